The van der Waals surface area contributed by atoms with Gasteiger partial charge in [-0.15, -0.1) is 0 Å². The molecule has 1 aromatic carbocycles. The second kappa shape index (κ2) is 8.26. The van der Waals surface area contributed by atoms with Crippen molar-refractivity contribution < 1.29 is 23.5 Å². The highest BCUT2D eigenvalue weighted by atomic mass is 35.5. The second-order valence-electron chi connectivity index (χ2n) is 5.69. The molecule has 7 nitrogen and oxygen atoms in total. The molecule has 0 radical (unpaired) electrons. The van der Waals surface area contributed by atoms with Crippen molar-refractivity contribution in [1.29, 1.82) is 0 Å². The quantitative estimate of drug-likeness (QED) is 0.724. The van der Waals surface area contributed by atoms with Crippen LogP contribution in [-0.4, -0.2) is 30.9 Å². The van der Waals surface area contributed by atoms with Gasteiger partial charge in [-0.25, -0.2) is 19.7 Å². The third kappa shape index (κ3) is 4.08. The van der Waals surface area contributed by atoms with Crippen LogP contribution in [0.1, 0.15) is 23.3 Å². The lowest BCUT2D eigenvalue weighted by atomic mass is 10.1. The Morgan fingerprint density at radius 2 is 2.22 bits per heavy atom. The van der Waals surface area contributed by atoms with E-state index in [1.54, 1.807) is 0 Å². The van der Waals surface area contributed by atoms with Crippen molar-refractivity contribution in [1.82, 2.24) is 10.5 Å². The molecule has 1 amide bonds. The predicted octanol–water partition coefficient (Wildman–Crippen LogP) is 3.58. The Morgan fingerprint density at radius 1 is 1.44 bits per heavy atom. The van der Waals surface area contributed by atoms with Crippen LogP contribution in [-0.2, 0) is 9.57 Å². The first kappa shape index (κ1) is 19.6. The van der Waals surface area contributed by atoms with Crippen molar-refractivity contribution >= 4 is 34.8 Å². The molecule has 27 heavy (non-hydrogen) atoms. The smallest absolute Gasteiger partial charge is 0.295 e. The third-order valence-electron chi connectivity index (χ3n) is 3.90. The SMILES string of the molecule is COc1c(Cl)ccc(-c2cc(N)c(Cl)c(C(=O)NOC3CCCO3)n2)c1F. The Hall–Kier alpha value is -2.13. The van der Waals surface area contributed by atoms with Crippen LogP contribution in [0.2, 0.25) is 10.0 Å². The Morgan fingerprint density at radius 3 is 2.89 bits per heavy atom. The van der Waals surface area contributed by atoms with Gasteiger partial charge in [0.1, 0.15) is 0 Å². The summed E-state index contributed by atoms with van der Waals surface area (Å²) in [7, 11) is 1.29. The molecule has 2 heterocycles. The number of rotatable bonds is 5. The van der Waals surface area contributed by atoms with E-state index >= 15 is 0 Å². The number of amides is 1. The van der Waals surface area contributed by atoms with E-state index in [2.05, 4.69) is 10.5 Å². The summed E-state index contributed by atoms with van der Waals surface area (Å²) < 4.78 is 24.9. The largest absolute Gasteiger partial charge is 0.492 e. The number of pyridine rings is 1. The number of hydroxylamine groups is 1. The van der Waals surface area contributed by atoms with E-state index in [-0.39, 0.29) is 38.4 Å². The number of hydrogen-bond acceptors (Lipinski definition) is 6. The number of methoxy groups -OCH3 is 1. The normalized spacial score (nSPS) is 16.4. The molecule has 1 atom stereocenters. The van der Waals surface area contributed by atoms with Crippen LogP contribution in [0.5, 0.6) is 5.75 Å². The van der Waals surface area contributed by atoms with Crippen molar-refractivity contribution in [3.8, 4) is 17.0 Å². The van der Waals surface area contributed by atoms with Crippen molar-refractivity contribution in [2.75, 3.05) is 19.5 Å². The van der Waals surface area contributed by atoms with Gasteiger partial charge in [-0.2, -0.15) is 0 Å². The van der Waals surface area contributed by atoms with E-state index in [0.717, 1.165) is 6.42 Å². The van der Waals surface area contributed by atoms with E-state index in [4.69, 9.17) is 43.2 Å². The average Bonchev–Trinajstić information content (AvgIpc) is 3.16. The Labute approximate surface area is 164 Å². The van der Waals surface area contributed by atoms with E-state index in [1.165, 1.54) is 25.3 Å². The van der Waals surface area contributed by atoms with Gasteiger partial charge in [-0.3, -0.25) is 4.79 Å². The van der Waals surface area contributed by atoms with Crippen LogP contribution < -0.4 is 16.0 Å². The van der Waals surface area contributed by atoms with E-state index in [9.17, 15) is 9.18 Å². The first-order valence-electron chi connectivity index (χ1n) is 7.98. The number of benzene rings is 1. The first-order chi connectivity index (χ1) is 12.9. The Bertz CT molecular complexity index is 876. The predicted molar refractivity (Wildman–Crippen MR) is 98.1 cm³/mol. The molecule has 3 rings (SSSR count). The second-order valence-corrected chi connectivity index (χ2v) is 6.48. The van der Waals surface area contributed by atoms with E-state index in [1.807, 2.05) is 0 Å². The molecule has 1 aromatic heterocycles. The molecule has 0 saturated carbocycles. The maximum absolute atomic E-state index is 14.7. The highest BCUT2D eigenvalue weighted by molar-refractivity contribution is 6.36. The van der Waals surface area contributed by atoms with Crippen molar-refractivity contribution in [3.63, 3.8) is 0 Å². The fourth-order valence-corrected chi connectivity index (χ4v) is 2.97. The zero-order valence-electron chi connectivity index (χ0n) is 14.2. The molecule has 3 N–H and O–H groups in total. The summed E-state index contributed by atoms with van der Waals surface area (Å²) in [6.07, 6.45) is 0.949. The summed E-state index contributed by atoms with van der Waals surface area (Å²) in [5.74, 6) is -1.61. The van der Waals surface area contributed by atoms with Gasteiger partial charge in [-0.1, -0.05) is 23.2 Å². The van der Waals surface area contributed by atoms with Crippen molar-refractivity contribution in [2.24, 2.45) is 0 Å². The van der Waals surface area contributed by atoms with Crippen molar-refractivity contribution in [3.05, 3.63) is 39.8 Å². The van der Waals surface area contributed by atoms with Crippen LogP contribution in [0.3, 0.4) is 0 Å². The number of ether oxygens (including phenoxy) is 2. The van der Waals surface area contributed by atoms with Gasteiger partial charge in [0.25, 0.3) is 5.91 Å². The van der Waals surface area contributed by atoms with Gasteiger partial charge in [-0.05, 0) is 24.6 Å². The summed E-state index contributed by atoms with van der Waals surface area (Å²) in [5, 5.41) is 0.0251. The molecule has 144 valence electrons. The van der Waals surface area contributed by atoms with Crippen molar-refractivity contribution in [2.45, 2.75) is 19.1 Å². The fourth-order valence-electron chi connectivity index (χ4n) is 2.56. The zero-order chi connectivity index (χ0) is 19.6. The summed E-state index contributed by atoms with van der Waals surface area (Å²) >= 11 is 12.0. The lowest BCUT2D eigenvalue weighted by molar-refractivity contribution is -0.142. The Kier molecular flexibility index (Phi) is 6.01. The molecule has 1 aliphatic heterocycles. The van der Waals surface area contributed by atoms with Gasteiger partial charge >= 0.3 is 0 Å². The molecular weight excluding hydrogens is 400 g/mol. The van der Waals surface area contributed by atoms with Gasteiger partial charge in [0, 0.05) is 12.0 Å². The number of hydrogen-bond donors (Lipinski definition) is 2. The Balaban J connectivity index is 1.93. The molecule has 0 bridgehead atoms. The number of aromatic nitrogens is 1. The van der Waals surface area contributed by atoms with Gasteiger partial charge < -0.3 is 15.2 Å². The van der Waals surface area contributed by atoms with Crippen LogP contribution in [0.25, 0.3) is 11.3 Å². The maximum atomic E-state index is 14.7. The average molecular weight is 416 g/mol. The minimum absolute atomic E-state index is 0.0497. The van der Waals surface area contributed by atoms with Crippen LogP contribution in [0.4, 0.5) is 10.1 Å². The molecule has 0 aliphatic carbocycles. The standard InChI is InChI=1S/C17H16Cl2FN3O4/c1-25-16-9(18)5-4-8(14(16)20)11-7-10(21)13(19)15(22-11)17(24)23-27-12-3-2-6-26-12/h4-5,7,12H,2-3,6H2,1H3,(H2,21,22)(H,23,24). The van der Waals surface area contributed by atoms with Gasteiger partial charge in [0.15, 0.2) is 23.6 Å². The monoisotopic (exact) mass is 415 g/mol. The third-order valence-corrected chi connectivity index (χ3v) is 4.60. The molecular formula is C17H16Cl2FN3O4. The number of nitrogens with zero attached hydrogens (tertiary/aromatic N) is 1. The summed E-state index contributed by atoms with van der Waals surface area (Å²) in [4.78, 5) is 21.7. The number of anilines is 1. The molecule has 2 aromatic rings. The number of nitrogen functional groups attached to an aromatic ring is 1. The minimum atomic E-state index is -0.735. The number of carbonyl (C=O) groups is 1. The molecule has 10 heteroatoms. The lowest BCUT2D eigenvalue weighted by Crippen LogP contribution is -2.30. The summed E-state index contributed by atoms with van der Waals surface area (Å²) in [5.41, 5.74) is 8.08. The van der Waals surface area contributed by atoms with Crippen LogP contribution >= 0.6 is 23.2 Å². The lowest BCUT2D eigenvalue weighted by Gasteiger charge is -2.14. The topological polar surface area (TPSA) is 95.7 Å². The summed E-state index contributed by atoms with van der Waals surface area (Å²) in [6.45, 7) is 0.555. The highest BCUT2D eigenvalue weighted by Gasteiger charge is 2.23. The molecule has 1 unspecified atom stereocenters. The van der Waals surface area contributed by atoms with E-state index in [0.29, 0.717) is 13.0 Å². The van der Waals surface area contributed by atoms with Crippen LogP contribution in [0.15, 0.2) is 18.2 Å². The molecule has 1 fully saturated rings. The molecule has 0 spiro atoms. The van der Waals surface area contributed by atoms with Gasteiger partial charge in [0.2, 0.25) is 0 Å². The minimum Gasteiger partial charge on any atom is -0.492 e. The first-order valence-corrected chi connectivity index (χ1v) is 8.74. The zero-order valence-corrected chi connectivity index (χ0v) is 15.7. The number of nitrogens with two attached hydrogens (primary N) is 1. The number of nitrogens with one attached hydrogen (secondary N) is 1. The number of carbonyl (C=O) groups excluding carboxylic acids is 1. The maximum Gasteiger partial charge on any atom is 0.295 e. The summed E-state index contributed by atoms with van der Waals surface area (Å²) in [6, 6.07) is 4.21. The fraction of sp³-hybridized carbons (Fsp3) is 0.294. The highest BCUT2D eigenvalue weighted by Crippen LogP contribution is 2.36. The van der Waals surface area contributed by atoms with Crippen LogP contribution in [0, 0.1) is 5.82 Å². The number of halogens is 3. The molecule has 1 saturated heterocycles. The van der Waals surface area contributed by atoms with E-state index < -0.39 is 18.0 Å². The molecule has 1 aliphatic rings. The van der Waals surface area contributed by atoms with Gasteiger partial charge in [0.05, 0.1) is 35.1 Å².